The summed E-state index contributed by atoms with van der Waals surface area (Å²) >= 11 is 0. The van der Waals surface area contributed by atoms with Crippen LogP contribution in [-0.2, 0) is 25.1 Å². The molecule has 0 radical (unpaired) electrons. The highest BCUT2D eigenvalue weighted by Crippen LogP contribution is 2.45. The van der Waals surface area contributed by atoms with Crippen LogP contribution in [0, 0.1) is 0 Å². The second kappa shape index (κ2) is 8.78. The molecule has 2 saturated heterocycles. The molecule has 0 unspecified atom stereocenters. The van der Waals surface area contributed by atoms with E-state index in [9.17, 15) is 0 Å². The van der Waals surface area contributed by atoms with Crippen LogP contribution in [0.25, 0.3) is 11.0 Å². The van der Waals surface area contributed by atoms with Gasteiger partial charge < -0.3 is 23.2 Å². The molecule has 0 N–H and O–H groups in total. The second-order valence-electron chi connectivity index (χ2n) is 11.6. The monoisotopic (exact) mass is 495 g/mol. The van der Waals surface area contributed by atoms with E-state index in [4.69, 9.17) is 18.6 Å². The summed E-state index contributed by atoms with van der Waals surface area (Å²) in [4.78, 5) is 9.22. The van der Waals surface area contributed by atoms with Crippen LogP contribution in [0.1, 0.15) is 52.1 Å². The Morgan fingerprint density at radius 3 is 2.46 bits per heavy atom. The van der Waals surface area contributed by atoms with E-state index < -0.39 is 14.1 Å². The number of rotatable bonds is 6. The fourth-order valence-electron chi connectivity index (χ4n) is 4.68. The van der Waals surface area contributed by atoms with Gasteiger partial charge in [0.1, 0.15) is 30.3 Å². The molecule has 0 amide bonds. The van der Waals surface area contributed by atoms with Crippen LogP contribution in [0.2, 0.25) is 18.1 Å². The fourth-order valence-corrected chi connectivity index (χ4v) is 5.70. The Morgan fingerprint density at radius 1 is 1.03 bits per heavy atom. The third kappa shape index (κ3) is 4.70. The number of hydrogen-bond donors (Lipinski definition) is 0. The number of nitrogens with zero attached hydrogens (tertiary/aromatic N) is 3. The molecule has 0 aliphatic carbocycles. The molecule has 188 valence electrons. The Morgan fingerprint density at radius 2 is 1.74 bits per heavy atom. The molecular weight excluding hydrogens is 458 g/mol. The number of benzene rings is 1. The lowest BCUT2D eigenvalue weighted by Crippen LogP contribution is -2.44. The van der Waals surface area contributed by atoms with Crippen LogP contribution >= 0.6 is 0 Å². The van der Waals surface area contributed by atoms with E-state index >= 15 is 0 Å². The highest BCUT2D eigenvalue weighted by atomic mass is 28.4. The lowest BCUT2D eigenvalue weighted by molar-refractivity contribution is -0.199. The Hall–Kier alpha value is -2.10. The summed E-state index contributed by atoms with van der Waals surface area (Å²) in [6.07, 6.45) is 3.38. The SMILES string of the molecule is CC1(C)O[C@@H]2[C@H](O1)[C@@H](CO[Si](C)(C)C(C)(C)C)O[C@H]2n1ccc2c(Cc3ccccc3)ncnc21. The van der Waals surface area contributed by atoms with Gasteiger partial charge in [-0.1, -0.05) is 51.1 Å². The molecule has 8 heteroatoms. The van der Waals surface area contributed by atoms with E-state index in [1.165, 1.54) is 5.56 Å². The van der Waals surface area contributed by atoms with Crippen molar-refractivity contribution in [3.63, 3.8) is 0 Å². The van der Waals surface area contributed by atoms with E-state index in [1.54, 1.807) is 6.33 Å². The molecule has 5 rings (SSSR count). The van der Waals surface area contributed by atoms with Gasteiger partial charge in [0.25, 0.3) is 0 Å². The quantitative estimate of drug-likeness (QED) is 0.423. The van der Waals surface area contributed by atoms with Gasteiger partial charge in [-0.05, 0) is 43.6 Å². The maximum absolute atomic E-state index is 6.59. The van der Waals surface area contributed by atoms with E-state index in [0.29, 0.717) is 6.61 Å². The van der Waals surface area contributed by atoms with Gasteiger partial charge in [0.05, 0.1) is 12.3 Å². The molecule has 35 heavy (non-hydrogen) atoms. The molecule has 2 aliphatic heterocycles. The number of aromatic nitrogens is 3. The van der Waals surface area contributed by atoms with E-state index in [0.717, 1.165) is 23.1 Å². The summed E-state index contributed by atoms with van der Waals surface area (Å²) in [6, 6.07) is 12.4. The highest BCUT2D eigenvalue weighted by Gasteiger charge is 2.56. The molecule has 3 aromatic rings. The summed E-state index contributed by atoms with van der Waals surface area (Å²) in [7, 11) is -1.93. The lowest BCUT2D eigenvalue weighted by Gasteiger charge is -2.37. The van der Waals surface area contributed by atoms with Crippen molar-refractivity contribution < 1.29 is 18.6 Å². The van der Waals surface area contributed by atoms with Crippen molar-refractivity contribution in [2.45, 2.75) is 89.5 Å². The fraction of sp³-hybridized carbons (Fsp3) is 0.556. The van der Waals surface area contributed by atoms with Crippen LogP contribution in [0.15, 0.2) is 48.9 Å². The molecule has 1 aromatic carbocycles. The minimum Gasteiger partial charge on any atom is -0.414 e. The van der Waals surface area contributed by atoms with Crippen molar-refractivity contribution in [3.8, 4) is 0 Å². The summed E-state index contributed by atoms with van der Waals surface area (Å²) in [6.45, 7) is 15.7. The summed E-state index contributed by atoms with van der Waals surface area (Å²) in [5.74, 6) is -0.678. The maximum atomic E-state index is 6.59. The van der Waals surface area contributed by atoms with Gasteiger partial charge in [-0.2, -0.15) is 0 Å². The summed E-state index contributed by atoms with van der Waals surface area (Å²) < 4.78 is 27.9. The molecule has 4 atom stereocenters. The zero-order valence-corrected chi connectivity index (χ0v) is 22.8. The summed E-state index contributed by atoms with van der Waals surface area (Å²) in [5, 5.41) is 1.15. The topological polar surface area (TPSA) is 67.6 Å². The van der Waals surface area contributed by atoms with Gasteiger partial charge in [-0.25, -0.2) is 9.97 Å². The predicted molar refractivity (Wildman–Crippen MR) is 138 cm³/mol. The van der Waals surface area contributed by atoms with Crippen molar-refractivity contribution in [1.82, 2.24) is 14.5 Å². The van der Waals surface area contributed by atoms with Crippen LogP contribution < -0.4 is 0 Å². The number of ether oxygens (including phenoxy) is 3. The minimum atomic E-state index is -1.93. The Labute approximate surface area is 208 Å². The third-order valence-electron chi connectivity index (χ3n) is 7.62. The lowest BCUT2D eigenvalue weighted by atomic mass is 10.1. The van der Waals surface area contributed by atoms with Gasteiger partial charge in [0, 0.05) is 18.0 Å². The average molecular weight is 496 g/mol. The standard InChI is InChI=1S/C27H37N3O4Si/c1-26(2,3)35(6,7)31-16-21-22-23(34-27(4,5)33-22)25(32-21)30-14-13-19-20(28-17-29-24(19)30)15-18-11-9-8-10-12-18/h8-14,17,21-23,25H,15-16H2,1-7H3/t21-,22-,23-,25-/m1/s1. The first-order valence-electron chi connectivity index (χ1n) is 12.4. The Balaban J connectivity index is 1.43. The molecular formula is C27H37N3O4Si. The molecule has 2 aromatic heterocycles. The molecule has 0 spiro atoms. The zero-order valence-electron chi connectivity index (χ0n) is 21.8. The number of hydrogen-bond acceptors (Lipinski definition) is 6. The first kappa shape index (κ1) is 24.6. The Bertz CT molecular complexity index is 1190. The first-order valence-corrected chi connectivity index (χ1v) is 15.4. The zero-order chi connectivity index (χ0) is 25.0. The van der Waals surface area contributed by atoms with Crippen molar-refractivity contribution in [3.05, 3.63) is 60.2 Å². The van der Waals surface area contributed by atoms with Crippen molar-refractivity contribution in [1.29, 1.82) is 0 Å². The highest BCUT2D eigenvalue weighted by molar-refractivity contribution is 6.74. The van der Waals surface area contributed by atoms with Crippen LogP contribution in [0.4, 0.5) is 0 Å². The van der Waals surface area contributed by atoms with E-state index in [2.05, 4.69) is 78.7 Å². The van der Waals surface area contributed by atoms with Crippen molar-refractivity contribution in [2.24, 2.45) is 0 Å². The van der Waals surface area contributed by atoms with Crippen LogP contribution in [0.3, 0.4) is 0 Å². The van der Waals surface area contributed by atoms with E-state index in [1.807, 2.05) is 26.1 Å². The molecule has 2 fully saturated rings. The molecule has 0 saturated carbocycles. The van der Waals surface area contributed by atoms with Crippen LogP contribution in [0.5, 0.6) is 0 Å². The van der Waals surface area contributed by atoms with Gasteiger partial charge in [-0.15, -0.1) is 0 Å². The molecule has 2 aliphatic rings. The predicted octanol–water partition coefficient (Wildman–Crippen LogP) is 5.46. The van der Waals surface area contributed by atoms with Gasteiger partial charge in [0.2, 0.25) is 0 Å². The van der Waals surface area contributed by atoms with Crippen molar-refractivity contribution in [2.75, 3.05) is 6.61 Å². The van der Waals surface area contributed by atoms with Gasteiger partial charge in [0.15, 0.2) is 20.3 Å². The van der Waals surface area contributed by atoms with Crippen LogP contribution in [-0.4, -0.2) is 53.6 Å². The maximum Gasteiger partial charge on any atom is 0.192 e. The second-order valence-corrected chi connectivity index (χ2v) is 16.5. The smallest absolute Gasteiger partial charge is 0.192 e. The van der Waals surface area contributed by atoms with E-state index in [-0.39, 0.29) is 29.6 Å². The van der Waals surface area contributed by atoms with Crippen molar-refractivity contribution >= 4 is 19.4 Å². The largest absolute Gasteiger partial charge is 0.414 e. The Kier molecular flexibility index (Phi) is 6.17. The normalized spacial score (nSPS) is 26.4. The molecule has 0 bridgehead atoms. The van der Waals surface area contributed by atoms with Gasteiger partial charge in [-0.3, -0.25) is 0 Å². The first-order chi connectivity index (χ1) is 16.5. The molecule has 4 heterocycles. The summed E-state index contributed by atoms with van der Waals surface area (Å²) in [5.41, 5.74) is 3.06. The average Bonchev–Trinajstić information content (AvgIpc) is 3.43. The number of fused-ring (bicyclic) bond motifs is 2. The minimum absolute atomic E-state index is 0.124. The molecule has 7 nitrogen and oxygen atoms in total. The third-order valence-corrected chi connectivity index (χ3v) is 12.1. The van der Waals surface area contributed by atoms with Gasteiger partial charge >= 0.3 is 0 Å².